The molecule has 0 radical (unpaired) electrons. The van der Waals surface area contributed by atoms with Gasteiger partial charge in [0.15, 0.2) is 0 Å². The number of unbranched alkanes of at least 4 members (excludes halogenated alkanes) is 2. The minimum absolute atomic E-state index is 0.265. The fourth-order valence-electron chi connectivity index (χ4n) is 2.56. The van der Waals surface area contributed by atoms with Crippen molar-refractivity contribution in [3.8, 4) is 11.8 Å². The van der Waals surface area contributed by atoms with E-state index in [2.05, 4.69) is 23.4 Å². The number of ether oxygens (including phenoxy) is 1. The predicted molar refractivity (Wildman–Crippen MR) is 111 cm³/mol. The van der Waals surface area contributed by atoms with Crippen LogP contribution in [0.1, 0.15) is 43.9 Å². The molecule has 0 bridgehead atoms. The molecule has 0 aliphatic carbocycles. The van der Waals surface area contributed by atoms with E-state index in [0.29, 0.717) is 36.0 Å². The van der Waals surface area contributed by atoms with E-state index in [1.165, 1.54) is 6.08 Å². The number of halogens is 1. The maximum absolute atomic E-state index is 12.3. The molecular weight excluding hydrogens is 376 g/mol. The van der Waals surface area contributed by atoms with E-state index in [-0.39, 0.29) is 5.91 Å². The Bertz CT molecular complexity index is 868. The Hall–Kier alpha value is -2.78. The number of rotatable bonds is 10. The van der Waals surface area contributed by atoms with E-state index >= 15 is 0 Å². The van der Waals surface area contributed by atoms with Gasteiger partial charge in [-0.25, -0.2) is 0 Å². The van der Waals surface area contributed by atoms with Crippen LogP contribution in [-0.2, 0) is 11.3 Å². The van der Waals surface area contributed by atoms with Gasteiger partial charge < -0.3 is 10.1 Å². The Morgan fingerprint density at radius 1 is 1.43 bits per heavy atom. The van der Waals surface area contributed by atoms with Crippen molar-refractivity contribution in [1.29, 1.82) is 5.26 Å². The number of nitrogens with one attached hydrogen (secondary N) is 1. The van der Waals surface area contributed by atoms with E-state index in [9.17, 15) is 4.79 Å². The van der Waals surface area contributed by atoms with Gasteiger partial charge in [-0.05, 0) is 38.0 Å². The first-order chi connectivity index (χ1) is 13.5. The molecule has 1 aromatic heterocycles. The molecule has 0 saturated heterocycles. The zero-order valence-corrected chi connectivity index (χ0v) is 17.0. The number of benzene rings is 1. The number of anilines is 1. The molecule has 1 N–H and O–H groups in total. The van der Waals surface area contributed by atoms with Gasteiger partial charge in [0, 0.05) is 36.4 Å². The third-order valence-corrected chi connectivity index (χ3v) is 4.44. The lowest BCUT2D eigenvalue weighted by Crippen LogP contribution is -2.08. The summed E-state index contributed by atoms with van der Waals surface area (Å²) >= 11 is 6.38. The van der Waals surface area contributed by atoms with Gasteiger partial charge in [-0.15, -0.1) is 0 Å². The normalized spacial score (nSPS) is 10.8. The number of carbonyl (C=O) groups excluding carboxylic acids is 1. The van der Waals surface area contributed by atoms with Gasteiger partial charge in [0.05, 0.1) is 18.4 Å². The summed E-state index contributed by atoms with van der Waals surface area (Å²) in [5.74, 6) is 0.384. The van der Waals surface area contributed by atoms with E-state index < -0.39 is 0 Å². The van der Waals surface area contributed by atoms with Crippen LogP contribution >= 0.6 is 11.6 Å². The van der Waals surface area contributed by atoms with Crippen molar-refractivity contribution >= 4 is 29.3 Å². The molecule has 0 fully saturated rings. The van der Waals surface area contributed by atoms with Crippen molar-refractivity contribution in [3.63, 3.8) is 0 Å². The number of hydrogen-bond donors (Lipinski definition) is 1. The van der Waals surface area contributed by atoms with Crippen LogP contribution in [0.15, 0.2) is 30.3 Å². The molecular formula is C21H25ClN4O2. The average Bonchev–Trinajstić information content (AvgIpc) is 2.95. The number of nitrogens with zero attached hydrogens (tertiary/aromatic N) is 3. The fourth-order valence-corrected chi connectivity index (χ4v) is 2.88. The van der Waals surface area contributed by atoms with Crippen LogP contribution in [0.2, 0.25) is 5.15 Å². The van der Waals surface area contributed by atoms with Crippen molar-refractivity contribution < 1.29 is 9.53 Å². The molecule has 6 nitrogen and oxygen atoms in total. The molecule has 7 heteroatoms. The van der Waals surface area contributed by atoms with Crippen molar-refractivity contribution in [2.45, 2.75) is 46.1 Å². The summed E-state index contributed by atoms with van der Waals surface area (Å²) in [6.45, 7) is 5.21. The van der Waals surface area contributed by atoms with Crippen LogP contribution in [0.5, 0.6) is 5.75 Å². The molecule has 2 aromatic rings. The van der Waals surface area contributed by atoms with Crippen LogP contribution in [-0.4, -0.2) is 22.3 Å². The van der Waals surface area contributed by atoms with Crippen LogP contribution in [0.25, 0.3) is 6.08 Å². The summed E-state index contributed by atoms with van der Waals surface area (Å²) in [7, 11) is 0. The molecule has 1 heterocycles. The second kappa shape index (κ2) is 11.2. The van der Waals surface area contributed by atoms with Gasteiger partial charge >= 0.3 is 0 Å². The number of carbonyl (C=O) groups is 1. The molecule has 0 atom stereocenters. The maximum atomic E-state index is 12.3. The van der Waals surface area contributed by atoms with Gasteiger partial charge in [-0.3, -0.25) is 9.48 Å². The molecule has 0 aliphatic heterocycles. The first-order valence-corrected chi connectivity index (χ1v) is 9.74. The molecule has 0 aliphatic rings. The number of hydrogen-bond acceptors (Lipinski definition) is 4. The minimum Gasteiger partial charge on any atom is -0.493 e. The van der Waals surface area contributed by atoms with E-state index in [4.69, 9.17) is 21.6 Å². The van der Waals surface area contributed by atoms with Crippen LogP contribution in [0.3, 0.4) is 0 Å². The zero-order chi connectivity index (χ0) is 20.4. The van der Waals surface area contributed by atoms with Gasteiger partial charge in [-0.1, -0.05) is 31.0 Å². The third-order valence-electron chi connectivity index (χ3n) is 4.04. The average molecular weight is 401 g/mol. The molecule has 0 unspecified atom stereocenters. The second-order valence-electron chi connectivity index (χ2n) is 6.33. The van der Waals surface area contributed by atoms with Crippen molar-refractivity contribution in [3.05, 3.63) is 46.8 Å². The summed E-state index contributed by atoms with van der Waals surface area (Å²) in [5.41, 5.74) is 2.18. The summed E-state index contributed by atoms with van der Waals surface area (Å²) in [6.07, 6.45) is 6.31. The lowest BCUT2D eigenvalue weighted by atomic mass is 10.2. The van der Waals surface area contributed by atoms with E-state index in [1.54, 1.807) is 29.0 Å². The van der Waals surface area contributed by atoms with E-state index in [0.717, 1.165) is 30.6 Å². The van der Waals surface area contributed by atoms with Gasteiger partial charge in [0.1, 0.15) is 10.9 Å². The molecule has 2 rings (SSSR count). The van der Waals surface area contributed by atoms with Gasteiger partial charge in [-0.2, -0.15) is 10.4 Å². The summed E-state index contributed by atoms with van der Waals surface area (Å²) < 4.78 is 7.35. The number of amides is 1. The second-order valence-corrected chi connectivity index (χ2v) is 6.69. The minimum atomic E-state index is -0.265. The first-order valence-electron chi connectivity index (χ1n) is 9.37. The number of aryl methyl sites for hydroxylation is 2. The van der Waals surface area contributed by atoms with Crippen LogP contribution < -0.4 is 10.1 Å². The molecule has 1 amide bonds. The van der Waals surface area contributed by atoms with Crippen molar-refractivity contribution in [1.82, 2.24) is 9.78 Å². The van der Waals surface area contributed by atoms with Gasteiger partial charge in [0.25, 0.3) is 0 Å². The highest BCUT2D eigenvalue weighted by molar-refractivity contribution is 6.31. The lowest BCUT2D eigenvalue weighted by Gasteiger charge is -2.07. The molecule has 0 saturated carbocycles. The Balaban J connectivity index is 1.97. The highest BCUT2D eigenvalue weighted by Gasteiger charge is 2.11. The monoisotopic (exact) mass is 400 g/mol. The molecule has 0 spiro atoms. The topological polar surface area (TPSA) is 79.9 Å². The zero-order valence-electron chi connectivity index (χ0n) is 16.2. The SMILES string of the molecule is CCCCn1nc(C)c(/C=C/C(=O)Nc2cccc(OCCCC#N)c2)c1Cl. The maximum Gasteiger partial charge on any atom is 0.248 e. The molecule has 148 valence electrons. The van der Waals surface area contributed by atoms with Crippen molar-refractivity contribution in [2.24, 2.45) is 0 Å². The Kier molecular flexibility index (Phi) is 8.57. The summed E-state index contributed by atoms with van der Waals surface area (Å²) in [4.78, 5) is 12.3. The predicted octanol–water partition coefficient (Wildman–Crippen LogP) is 4.98. The van der Waals surface area contributed by atoms with Gasteiger partial charge in [0.2, 0.25) is 5.91 Å². The number of nitriles is 1. The van der Waals surface area contributed by atoms with E-state index in [1.807, 2.05) is 13.0 Å². The molecule has 28 heavy (non-hydrogen) atoms. The summed E-state index contributed by atoms with van der Waals surface area (Å²) in [6, 6.07) is 9.23. The Labute approximate surface area is 170 Å². The van der Waals surface area contributed by atoms with Crippen molar-refractivity contribution in [2.75, 3.05) is 11.9 Å². The summed E-state index contributed by atoms with van der Waals surface area (Å²) in [5, 5.41) is 16.3. The highest BCUT2D eigenvalue weighted by Crippen LogP contribution is 2.22. The standard InChI is InChI=1S/C21H25ClN4O2/c1-3-4-13-26-21(22)19(16(2)25-26)10-11-20(27)24-17-8-7-9-18(15-17)28-14-6-5-12-23/h7-11,15H,3-6,13-14H2,1-2H3,(H,24,27)/b11-10+. The highest BCUT2D eigenvalue weighted by atomic mass is 35.5. The Morgan fingerprint density at radius 2 is 2.25 bits per heavy atom. The largest absolute Gasteiger partial charge is 0.493 e. The smallest absolute Gasteiger partial charge is 0.248 e. The number of aromatic nitrogens is 2. The Morgan fingerprint density at radius 3 is 3.00 bits per heavy atom. The third kappa shape index (κ3) is 6.43. The lowest BCUT2D eigenvalue weighted by molar-refractivity contribution is -0.111. The van der Waals surface area contributed by atoms with Crippen LogP contribution in [0.4, 0.5) is 5.69 Å². The fraction of sp³-hybridized carbons (Fsp3) is 0.381. The van der Waals surface area contributed by atoms with Crippen LogP contribution in [0, 0.1) is 18.3 Å². The quantitative estimate of drug-likeness (QED) is 0.450. The molecule has 1 aromatic carbocycles. The first kappa shape index (κ1) is 21.5.